The number of nitrogens with one attached hydrogen (secondary N) is 1. The van der Waals surface area contributed by atoms with E-state index in [0.29, 0.717) is 24.4 Å². The number of rotatable bonds is 9. The van der Waals surface area contributed by atoms with Crippen LogP contribution in [-0.4, -0.2) is 45.5 Å². The summed E-state index contributed by atoms with van der Waals surface area (Å²) < 4.78 is 33.7. The summed E-state index contributed by atoms with van der Waals surface area (Å²) >= 11 is 0. The monoisotopic (exact) mass is 404 g/mol. The first-order valence-corrected chi connectivity index (χ1v) is 10.8. The van der Waals surface area contributed by atoms with Crippen molar-refractivity contribution < 1.29 is 17.9 Å². The average Bonchev–Trinajstić information content (AvgIpc) is 2.69. The lowest BCUT2D eigenvalue weighted by Gasteiger charge is -2.26. The average molecular weight is 405 g/mol. The Kier molecular flexibility index (Phi) is 7.60. The molecule has 0 aromatic heterocycles. The highest BCUT2D eigenvalue weighted by molar-refractivity contribution is 7.89. The third-order valence-corrected chi connectivity index (χ3v) is 6.10. The fourth-order valence-corrected chi connectivity index (χ4v) is 4.33. The summed E-state index contributed by atoms with van der Waals surface area (Å²) in [5, 5.41) is 0. The largest absolute Gasteiger partial charge is 0.496 e. The van der Waals surface area contributed by atoms with Crippen molar-refractivity contribution in [3.8, 4) is 5.75 Å². The van der Waals surface area contributed by atoms with Crippen LogP contribution in [0, 0.1) is 6.92 Å². The van der Waals surface area contributed by atoms with Crippen LogP contribution in [0.25, 0.3) is 0 Å². The molecule has 1 unspecified atom stereocenters. The minimum atomic E-state index is -3.88. The van der Waals surface area contributed by atoms with Crippen LogP contribution < -0.4 is 9.46 Å². The number of aryl methyl sites for hydroxylation is 1. The van der Waals surface area contributed by atoms with Crippen LogP contribution in [0.5, 0.6) is 5.75 Å². The zero-order chi connectivity index (χ0) is 20.7. The van der Waals surface area contributed by atoms with Gasteiger partial charge in [0.15, 0.2) is 0 Å². The van der Waals surface area contributed by atoms with Crippen LogP contribution in [0.3, 0.4) is 0 Å². The van der Waals surface area contributed by atoms with Gasteiger partial charge in [0, 0.05) is 13.1 Å². The molecule has 1 atom stereocenters. The fraction of sp³-hybridized carbons (Fsp3) is 0.381. The zero-order valence-corrected chi connectivity index (χ0v) is 17.6. The van der Waals surface area contributed by atoms with Crippen LogP contribution in [0.1, 0.15) is 25.0 Å². The number of nitrogens with zero attached hydrogens (tertiary/aromatic N) is 1. The fourth-order valence-electron chi connectivity index (χ4n) is 3.06. The Morgan fingerprint density at radius 3 is 2.29 bits per heavy atom. The van der Waals surface area contributed by atoms with Crippen molar-refractivity contribution in [2.45, 2.75) is 38.1 Å². The van der Waals surface area contributed by atoms with Gasteiger partial charge in [0.05, 0.1) is 12.0 Å². The summed E-state index contributed by atoms with van der Waals surface area (Å²) in [5.41, 5.74) is 1.60. The number of methoxy groups -OCH3 is 1. The molecule has 0 fully saturated rings. The molecule has 6 nitrogen and oxygen atoms in total. The second-order valence-corrected chi connectivity index (χ2v) is 8.22. The third-order valence-electron chi connectivity index (χ3n) is 4.63. The molecule has 7 heteroatoms. The lowest BCUT2D eigenvalue weighted by Crippen LogP contribution is -2.49. The Morgan fingerprint density at radius 2 is 1.75 bits per heavy atom. The maximum absolute atomic E-state index is 13.0. The molecular weight excluding hydrogens is 376 g/mol. The number of ether oxygens (including phenoxy) is 1. The normalized spacial score (nSPS) is 12.4. The molecule has 0 radical (unpaired) electrons. The van der Waals surface area contributed by atoms with Gasteiger partial charge in [0.25, 0.3) is 0 Å². The van der Waals surface area contributed by atoms with Crippen LogP contribution in [0.15, 0.2) is 53.4 Å². The van der Waals surface area contributed by atoms with E-state index >= 15 is 0 Å². The Balaban J connectivity index is 2.34. The summed E-state index contributed by atoms with van der Waals surface area (Å²) in [6.45, 7) is 6.57. The van der Waals surface area contributed by atoms with E-state index in [-0.39, 0.29) is 17.2 Å². The van der Waals surface area contributed by atoms with E-state index in [0.717, 1.165) is 5.56 Å². The Labute approximate surface area is 167 Å². The molecule has 0 aliphatic heterocycles. The Morgan fingerprint density at radius 1 is 1.11 bits per heavy atom. The van der Waals surface area contributed by atoms with Gasteiger partial charge in [-0.15, -0.1) is 0 Å². The topological polar surface area (TPSA) is 75.7 Å². The molecule has 0 aliphatic rings. The van der Waals surface area contributed by atoms with Crippen LogP contribution in [0.2, 0.25) is 0 Å². The SMILES string of the molecule is CCN(CC)C(=O)C(Cc1ccccc1)NS(=O)(=O)c1ccc(OC)c(C)c1. The van der Waals surface area contributed by atoms with Gasteiger partial charge in [-0.05, 0) is 56.5 Å². The molecule has 0 aliphatic carbocycles. The van der Waals surface area contributed by atoms with Gasteiger partial charge in [-0.2, -0.15) is 4.72 Å². The third kappa shape index (κ3) is 5.33. The molecule has 28 heavy (non-hydrogen) atoms. The molecular formula is C21H28N2O4S. The van der Waals surface area contributed by atoms with Gasteiger partial charge in [-0.25, -0.2) is 8.42 Å². The lowest BCUT2D eigenvalue weighted by molar-refractivity contribution is -0.132. The number of amides is 1. The smallest absolute Gasteiger partial charge is 0.241 e. The van der Waals surface area contributed by atoms with Crippen molar-refractivity contribution in [2.75, 3.05) is 20.2 Å². The van der Waals surface area contributed by atoms with Crippen molar-refractivity contribution in [1.82, 2.24) is 9.62 Å². The standard InChI is InChI=1S/C21H28N2O4S/c1-5-23(6-2)21(24)19(15-17-10-8-7-9-11-17)22-28(25,26)18-12-13-20(27-4)16(3)14-18/h7-14,19,22H,5-6,15H2,1-4H3. The molecule has 0 saturated carbocycles. The van der Waals surface area contributed by atoms with E-state index in [4.69, 9.17) is 4.74 Å². The van der Waals surface area contributed by atoms with E-state index in [1.807, 2.05) is 44.2 Å². The molecule has 1 amide bonds. The van der Waals surface area contributed by atoms with E-state index in [9.17, 15) is 13.2 Å². The molecule has 0 spiro atoms. The highest BCUT2D eigenvalue weighted by Crippen LogP contribution is 2.22. The zero-order valence-electron chi connectivity index (χ0n) is 16.8. The summed E-state index contributed by atoms with van der Waals surface area (Å²) in [6, 6.07) is 13.2. The first-order valence-electron chi connectivity index (χ1n) is 9.32. The number of hydrogen-bond acceptors (Lipinski definition) is 4. The van der Waals surface area contributed by atoms with Crippen molar-refractivity contribution in [3.05, 3.63) is 59.7 Å². The maximum atomic E-state index is 13.0. The minimum Gasteiger partial charge on any atom is -0.496 e. The van der Waals surface area contributed by atoms with Gasteiger partial charge in [0.1, 0.15) is 11.8 Å². The van der Waals surface area contributed by atoms with Crippen LogP contribution in [0.4, 0.5) is 0 Å². The van der Waals surface area contributed by atoms with Gasteiger partial charge in [0.2, 0.25) is 15.9 Å². The predicted molar refractivity (Wildman–Crippen MR) is 110 cm³/mol. The van der Waals surface area contributed by atoms with Crippen molar-refractivity contribution in [3.63, 3.8) is 0 Å². The first kappa shape index (κ1) is 21.9. The maximum Gasteiger partial charge on any atom is 0.241 e. The van der Waals surface area contributed by atoms with Crippen molar-refractivity contribution in [1.29, 1.82) is 0 Å². The van der Waals surface area contributed by atoms with E-state index in [2.05, 4.69) is 4.72 Å². The van der Waals surface area contributed by atoms with E-state index < -0.39 is 16.1 Å². The summed E-state index contributed by atoms with van der Waals surface area (Å²) in [4.78, 5) is 14.7. The summed E-state index contributed by atoms with van der Waals surface area (Å²) in [7, 11) is -2.34. The van der Waals surface area contributed by atoms with E-state index in [1.54, 1.807) is 24.0 Å². The second-order valence-electron chi connectivity index (χ2n) is 6.51. The number of hydrogen-bond donors (Lipinski definition) is 1. The molecule has 0 heterocycles. The molecule has 0 bridgehead atoms. The number of likely N-dealkylation sites (N-methyl/N-ethyl adjacent to an activating group) is 1. The molecule has 2 aromatic rings. The van der Waals surface area contributed by atoms with Crippen LogP contribution in [-0.2, 0) is 21.2 Å². The molecule has 2 aromatic carbocycles. The molecule has 152 valence electrons. The Bertz CT molecular complexity index is 894. The van der Waals surface area contributed by atoms with E-state index in [1.165, 1.54) is 13.2 Å². The minimum absolute atomic E-state index is 0.108. The van der Waals surface area contributed by atoms with Gasteiger partial charge >= 0.3 is 0 Å². The van der Waals surface area contributed by atoms with Crippen LogP contribution >= 0.6 is 0 Å². The highest BCUT2D eigenvalue weighted by Gasteiger charge is 2.28. The lowest BCUT2D eigenvalue weighted by atomic mass is 10.1. The predicted octanol–water partition coefficient (Wildman–Crippen LogP) is 2.76. The van der Waals surface area contributed by atoms with Gasteiger partial charge in [-0.3, -0.25) is 4.79 Å². The number of sulfonamides is 1. The number of carbonyl (C=O) groups excluding carboxylic acids is 1. The highest BCUT2D eigenvalue weighted by atomic mass is 32.2. The number of carbonyl (C=O) groups is 1. The van der Waals surface area contributed by atoms with Crippen molar-refractivity contribution in [2.24, 2.45) is 0 Å². The van der Waals surface area contributed by atoms with Crippen molar-refractivity contribution >= 4 is 15.9 Å². The quantitative estimate of drug-likeness (QED) is 0.697. The number of benzene rings is 2. The molecule has 0 saturated heterocycles. The molecule has 2 rings (SSSR count). The second kappa shape index (κ2) is 9.71. The Hall–Kier alpha value is -2.38. The van der Waals surface area contributed by atoms with Gasteiger partial charge in [-0.1, -0.05) is 30.3 Å². The summed E-state index contributed by atoms with van der Waals surface area (Å²) in [6.07, 6.45) is 0.282. The van der Waals surface area contributed by atoms with Gasteiger partial charge < -0.3 is 9.64 Å². The molecule has 1 N–H and O–H groups in total. The first-order chi connectivity index (χ1) is 13.3. The summed E-state index contributed by atoms with van der Waals surface area (Å²) in [5.74, 6) is 0.377.